The first kappa shape index (κ1) is 22.0. The highest BCUT2D eigenvalue weighted by atomic mass is 35.5. The van der Waals surface area contributed by atoms with Crippen LogP contribution in [0, 0.1) is 0 Å². The summed E-state index contributed by atoms with van der Waals surface area (Å²) in [6.07, 6.45) is 5.38. The maximum Gasteiger partial charge on any atom is 0.250 e. The van der Waals surface area contributed by atoms with Crippen LogP contribution in [-0.2, 0) is 21.4 Å². The highest BCUT2D eigenvalue weighted by molar-refractivity contribution is 7.91. The number of hydrogen-bond donors (Lipinski definition) is 1. The Morgan fingerprint density at radius 3 is 2.73 bits per heavy atom. The number of amides is 1. The zero-order valence-corrected chi connectivity index (χ0v) is 19.7. The summed E-state index contributed by atoms with van der Waals surface area (Å²) in [5.41, 5.74) is 1.81. The lowest BCUT2D eigenvalue weighted by molar-refractivity contribution is -0.129. The third kappa shape index (κ3) is 4.49. The molecule has 4 aromatic rings. The van der Waals surface area contributed by atoms with Gasteiger partial charge in [0, 0.05) is 41.9 Å². The molecule has 0 bridgehead atoms. The van der Waals surface area contributed by atoms with Crippen molar-refractivity contribution in [1.29, 1.82) is 0 Å². The minimum atomic E-state index is -3.81. The summed E-state index contributed by atoms with van der Waals surface area (Å²) in [6.45, 7) is 0.848. The first-order chi connectivity index (χ1) is 15.9. The van der Waals surface area contributed by atoms with E-state index in [2.05, 4.69) is 14.7 Å². The van der Waals surface area contributed by atoms with Crippen LogP contribution in [0.4, 0.5) is 0 Å². The molecule has 1 N–H and O–H groups in total. The normalized spacial score (nSPS) is 16.6. The molecule has 0 radical (unpaired) electrons. The molecule has 1 fully saturated rings. The molecule has 168 valence electrons. The van der Waals surface area contributed by atoms with Crippen molar-refractivity contribution in [3.05, 3.63) is 77.8 Å². The molecule has 1 amide bonds. The zero-order valence-electron chi connectivity index (χ0n) is 17.3. The Bertz CT molecular complexity index is 1440. The van der Waals surface area contributed by atoms with Gasteiger partial charge < -0.3 is 4.90 Å². The van der Waals surface area contributed by atoms with Gasteiger partial charge in [0.1, 0.15) is 15.4 Å². The summed E-state index contributed by atoms with van der Waals surface area (Å²) in [5.74, 6) is -0.234. The molecule has 4 heterocycles. The number of pyridine rings is 2. The summed E-state index contributed by atoms with van der Waals surface area (Å²) < 4.78 is 28.6. The lowest BCUT2D eigenvalue weighted by Crippen LogP contribution is -2.41. The number of carbonyl (C=O) groups is 1. The largest absolute Gasteiger partial charge is 0.337 e. The van der Waals surface area contributed by atoms with E-state index in [1.165, 1.54) is 0 Å². The molecule has 0 unspecified atom stereocenters. The number of halogens is 1. The Hall–Kier alpha value is -2.85. The molecule has 5 rings (SSSR count). The molecule has 0 spiro atoms. The number of aromatic nitrogens is 2. The maximum atomic E-state index is 12.9. The quantitative estimate of drug-likeness (QED) is 0.404. The summed E-state index contributed by atoms with van der Waals surface area (Å²) in [5, 5.41) is 2.21. The van der Waals surface area contributed by atoms with E-state index in [1.54, 1.807) is 35.6 Å². The van der Waals surface area contributed by atoms with E-state index in [4.69, 9.17) is 11.6 Å². The number of sulfonamides is 1. The standard InChI is InChI=1S/C23H19ClN4O3S2/c24-22-18-13-15(1-2-16(18)7-11-26-22)14-28-12-8-19(23(28)29)27-33(30,31)21-4-3-20(32-21)17-5-9-25-10-6-17/h1-7,9-11,13,19,27H,8,12,14H2/t19-/m0/s1. The fraction of sp³-hybridized carbons (Fsp3) is 0.174. The van der Waals surface area contributed by atoms with E-state index in [-0.39, 0.29) is 10.1 Å². The Morgan fingerprint density at radius 2 is 1.91 bits per heavy atom. The molecule has 0 saturated carbocycles. The first-order valence-electron chi connectivity index (χ1n) is 10.3. The lowest BCUT2D eigenvalue weighted by Gasteiger charge is -2.17. The van der Waals surface area contributed by atoms with E-state index >= 15 is 0 Å². The Kier molecular flexibility index (Phi) is 5.88. The summed E-state index contributed by atoms with van der Waals surface area (Å²) >= 11 is 7.36. The number of nitrogens with zero attached hydrogens (tertiary/aromatic N) is 3. The van der Waals surface area contributed by atoms with Crippen LogP contribution in [0.15, 0.2) is 71.3 Å². The van der Waals surface area contributed by atoms with E-state index in [9.17, 15) is 13.2 Å². The second kappa shape index (κ2) is 8.83. The maximum absolute atomic E-state index is 12.9. The van der Waals surface area contributed by atoms with E-state index in [0.717, 1.165) is 38.1 Å². The highest BCUT2D eigenvalue weighted by Gasteiger charge is 2.35. The second-order valence-electron chi connectivity index (χ2n) is 7.73. The molecule has 1 aromatic carbocycles. The molecule has 7 nitrogen and oxygen atoms in total. The molecule has 1 aliphatic heterocycles. The van der Waals surface area contributed by atoms with Crippen molar-refractivity contribution in [2.24, 2.45) is 0 Å². The number of nitrogens with one attached hydrogen (secondary N) is 1. The fourth-order valence-corrected chi connectivity index (χ4v) is 6.66. The van der Waals surface area contributed by atoms with Gasteiger partial charge in [0.25, 0.3) is 10.0 Å². The minimum absolute atomic E-state index is 0.178. The van der Waals surface area contributed by atoms with Gasteiger partial charge in [-0.25, -0.2) is 13.4 Å². The van der Waals surface area contributed by atoms with Gasteiger partial charge in [0.15, 0.2) is 0 Å². The van der Waals surface area contributed by atoms with Crippen molar-refractivity contribution in [1.82, 2.24) is 19.6 Å². The van der Waals surface area contributed by atoms with Crippen LogP contribution < -0.4 is 4.72 Å². The second-order valence-corrected chi connectivity index (χ2v) is 11.1. The Balaban J connectivity index is 1.28. The molecule has 0 aliphatic carbocycles. The van der Waals surface area contributed by atoms with Gasteiger partial charge >= 0.3 is 0 Å². The van der Waals surface area contributed by atoms with Crippen LogP contribution in [0.3, 0.4) is 0 Å². The predicted octanol–water partition coefficient (Wildman–Crippen LogP) is 4.09. The van der Waals surface area contributed by atoms with Gasteiger partial charge in [-0.3, -0.25) is 9.78 Å². The van der Waals surface area contributed by atoms with Crippen molar-refractivity contribution in [2.45, 2.75) is 23.2 Å². The van der Waals surface area contributed by atoms with Crippen molar-refractivity contribution < 1.29 is 13.2 Å². The minimum Gasteiger partial charge on any atom is -0.337 e. The SMILES string of the molecule is O=C1[C@@H](NS(=O)(=O)c2ccc(-c3ccncc3)s2)CCN1Cc1ccc2ccnc(Cl)c2c1. The number of carbonyl (C=O) groups excluding carboxylic acids is 1. The molecule has 1 aliphatic rings. The average Bonchev–Trinajstić information content (AvgIpc) is 3.44. The van der Waals surface area contributed by atoms with Gasteiger partial charge in [-0.05, 0) is 59.3 Å². The fourth-order valence-electron chi connectivity index (χ4n) is 3.89. The Morgan fingerprint density at radius 1 is 1.09 bits per heavy atom. The van der Waals surface area contributed by atoms with Crippen molar-refractivity contribution in [3.63, 3.8) is 0 Å². The summed E-state index contributed by atoms with van der Waals surface area (Å²) in [7, 11) is -3.81. The van der Waals surface area contributed by atoms with Crippen molar-refractivity contribution in [2.75, 3.05) is 6.54 Å². The highest BCUT2D eigenvalue weighted by Crippen LogP contribution is 2.31. The molecular formula is C23H19ClN4O3S2. The molecule has 1 saturated heterocycles. The van der Waals surface area contributed by atoms with Gasteiger partial charge in [0.2, 0.25) is 5.91 Å². The molecule has 3 aromatic heterocycles. The zero-order chi connectivity index (χ0) is 23.0. The number of thiophene rings is 1. The Labute approximate surface area is 200 Å². The monoisotopic (exact) mass is 498 g/mol. The number of likely N-dealkylation sites (tertiary alicyclic amines) is 1. The smallest absolute Gasteiger partial charge is 0.250 e. The van der Waals surface area contributed by atoms with Crippen LogP contribution in [0.25, 0.3) is 21.2 Å². The first-order valence-corrected chi connectivity index (χ1v) is 12.9. The van der Waals surface area contributed by atoms with Crippen molar-refractivity contribution in [3.8, 4) is 10.4 Å². The number of rotatable bonds is 6. The van der Waals surface area contributed by atoms with E-state index < -0.39 is 16.1 Å². The molecule has 33 heavy (non-hydrogen) atoms. The lowest BCUT2D eigenvalue weighted by atomic mass is 10.1. The van der Waals surface area contributed by atoms with Crippen molar-refractivity contribution >= 4 is 49.6 Å². The van der Waals surface area contributed by atoms with E-state index in [1.807, 2.05) is 36.4 Å². The molecule has 1 atom stereocenters. The van der Waals surface area contributed by atoms with Gasteiger partial charge in [-0.2, -0.15) is 4.72 Å². The summed E-state index contributed by atoms with van der Waals surface area (Å²) in [6, 6.07) is 13.9. The third-order valence-electron chi connectivity index (χ3n) is 5.56. The number of benzene rings is 1. The van der Waals surface area contributed by atoms with Crippen LogP contribution >= 0.6 is 22.9 Å². The third-order valence-corrected chi connectivity index (χ3v) is 8.96. The average molecular weight is 499 g/mol. The van der Waals surface area contributed by atoms with Gasteiger partial charge in [0.05, 0.1) is 0 Å². The van der Waals surface area contributed by atoms with Gasteiger partial charge in [-0.1, -0.05) is 23.7 Å². The van der Waals surface area contributed by atoms with Crippen LogP contribution in [0.2, 0.25) is 5.15 Å². The van der Waals surface area contributed by atoms with Gasteiger partial charge in [-0.15, -0.1) is 11.3 Å². The summed E-state index contributed by atoms with van der Waals surface area (Å²) in [4.78, 5) is 23.5. The number of fused-ring (bicyclic) bond motifs is 1. The topological polar surface area (TPSA) is 92.3 Å². The number of hydrogen-bond acceptors (Lipinski definition) is 6. The predicted molar refractivity (Wildman–Crippen MR) is 128 cm³/mol. The molecular weight excluding hydrogens is 480 g/mol. The van der Waals surface area contributed by atoms with Crippen LogP contribution in [-0.4, -0.2) is 41.8 Å². The molecule has 10 heteroatoms. The van der Waals surface area contributed by atoms with Crippen LogP contribution in [0.5, 0.6) is 0 Å². The van der Waals surface area contributed by atoms with Crippen LogP contribution in [0.1, 0.15) is 12.0 Å². The van der Waals surface area contributed by atoms with E-state index in [0.29, 0.717) is 24.7 Å².